The van der Waals surface area contributed by atoms with E-state index in [1.807, 2.05) is 12.2 Å². The molecule has 0 aromatic rings. The lowest BCUT2D eigenvalue weighted by atomic mass is 9.81. The van der Waals surface area contributed by atoms with Gasteiger partial charge in [-0.3, -0.25) is 9.59 Å². The number of esters is 1. The second-order valence-corrected chi connectivity index (χ2v) is 4.54. The number of hydrogen-bond acceptors (Lipinski definition) is 3. The number of ketones is 1. The number of carbonyl (C=O) groups is 2. The van der Waals surface area contributed by atoms with Crippen LogP contribution in [0.15, 0.2) is 12.2 Å². The van der Waals surface area contributed by atoms with Gasteiger partial charge in [-0.25, -0.2) is 0 Å². The molecule has 0 radical (unpaired) electrons. The molecule has 0 heterocycles. The van der Waals surface area contributed by atoms with Crippen LogP contribution in [0.3, 0.4) is 0 Å². The summed E-state index contributed by atoms with van der Waals surface area (Å²) in [4.78, 5) is 23.9. The van der Waals surface area contributed by atoms with Gasteiger partial charge in [-0.2, -0.15) is 0 Å². The lowest BCUT2D eigenvalue weighted by Gasteiger charge is -2.23. The topological polar surface area (TPSA) is 43.4 Å². The maximum absolute atomic E-state index is 12.0. The number of carbonyl (C=O) groups excluding carboxylic acids is 2. The lowest BCUT2D eigenvalue weighted by molar-refractivity contribution is -0.158. The van der Waals surface area contributed by atoms with E-state index < -0.39 is 5.41 Å². The predicted octanol–water partition coefficient (Wildman–Crippen LogP) is 3.04. The van der Waals surface area contributed by atoms with Gasteiger partial charge in [0.15, 0.2) is 5.78 Å². The Morgan fingerprint density at radius 3 is 2.71 bits per heavy atom. The van der Waals surface area contributed by atoms with Gasteiger partial charge in [0.25, 0.3) is 0 Å². The molecule has 0 aromatic carbocycles. The van der Waals surface area contributed by atoms with Gasteiger partial charge >= 0.3 is 5.97 Å². The third-order valence-electron chi connectivity index (χ3n) is 3.30. The third kappa shape index (κ3) is 3.18. The molecule has 1 fully saturated rings. The molecule has 96 valence electrons. The van der Waals surface area contributed by atoms with E-state index in [9.17, 15) is 9.59 Å². The van der Waals surface area contributed by atoms with Crippen molar-refractivity contribution in [3.8, 4) is 0 Å². The number of allylic oxidation sites excluding steroid dienone is 2. The van der Waals surface area contributed by atoms with E-state index in [4.69, 9.17) is 4.74 Å². The van der Waals surface area contributed by atoms with E-state index in [1.165, 1.54) is 0 Å². The molecule has 0 saturated heterocycles. The van der Waals surface area contributed by atoms with Crippen molar-refractivity contribution in [1.82, 2.24) is 0 Å². The second-order valence-electron chi connectivity index (χ2n) is 4.54. The molecule has 1 rings (SSSR count). The van der Waals surface area contributed by atoms with Crippen molar-refractivity contribution in [1.29, 1.82) is 0 Å². The fraction of sp³-hybridized carbons (Fsp3) is 0.714. The van der Waals surface area contributed by atoms with Crippen molar-refractivity contribution in [3.63, 3.8) is 0 Å². The van der Waals surface area contributed by atoms with Gasteiger partial charge in [0, 0.05) is 6.42 Å². The van der Waals surface area contributed by atoms with Crippen LogP contribution in [0.5, 0.6) is 0 Å². The van der Waals surface area contributed by atoms with E-state index >= 15 is 0 Å². The van der Waals surface area contributed by atoms with Gasteiger partial charge < -0.3 is 4.74 Å². The molecule has 0 spiro atoms. The Kier molecular flexibility index (Phi) is 5.39. The summed E-state index contributed by atoms with van der Waals surface area (Å²) in [7, 11) is 0. The number of unbranched alkanes of at least 4 members (excludes halogenated alkanes) is 1. The first kappa shape index (κ1) is 13.9. The Morgan fingerprint density at radius 1 is 1.41 bits per heavy atom. The van der Waals surface area contributed by atoms with Crippen LogP contribution in [-0.2, 0) is 14.3 Å². The molecule has 1 aliphatic rings. The molecule has 0 aliphatic heterocycles. The molecule has 1 atom stereocenters. The summed E-state index contributed by atoms with van der Waals surface area (Å²) in [5, 5.41) is 0. The Balaban J connectivity index is 2.73. The SMILES string of the molecule is CCCC=CCC1(C(=O)OCC)CCCC1=O. The largest absolute Gasteiger partial charge is 0.465 e. The molecule has 3 nitrogen and oxygen atoms in total. The highest BCUT2D eigenvalue weighted by Gasteiger charge is 2.48. The highest BCUT2D eigenvalue weighted by Crippen LogP contribution is 2.39. The quantitative estimate of drug-likeness (QED) is 0.406. The zero-order valence-electron chi connectivity index (χ0n) is 10.8. The van der Waals surface area contributed by atoms with Crippen molar-refractivity contribution in [2.24, 2.45) is 5.41 Å². The van der Waals surface area contributed by atoms with Crippen LogP contribution in [0.4, 0.5) is 0 Å². The van der Waals surface area contributed by atoms with E-state index in [0.717, 1.165) is 19.3 Å². The Hall–Kier alpha value is -1.12. The molecule has 17 heavy (non-hydrogen) atoms. The summed E-state index contributed by atoms with van der Waals surface area (Å²) in [6.07, 6.45) is 8.55. The molecule has 3 heteroatoms. The summed E-state index contributed by atoms with van der Waals surface area (Å²) >= 11 is 0. The van der Waals surface area contributed by atoms with Crippen LogP contribution in [0, 0.1) is 5.41 Å². The Bertz CT molecular complexity index is 307. The molecular weight excluding hydrogens is 216 g/mol. The van der Waals surface area contributed by atoms with Crippen LogP contribution >= 0.6 is 0 Å². The second kappa shape index (κ2) is 6.58. The van der Waals surface area contributed by atoms with Crippen molar-refractivity contribution in [2.75, 3.05) is 6.61 Å². The minimum absolute atomic E-state index is 0.0529. The third-order valence-corrected chi connectivity index (χ3v) is 3.30. The normalized spacial score (nSPS) is 24.5. The fourth-order valence-electron chi connectivity index (χ4n) is 2.28. The average molecular weight is 238 g/mol. The van der Waals surface area contributed by atoms with Crippen molar-refractivity contribution in [3.05, 3.63) is 12.2 Å². The standard InChI is InChI=1S/C14H22O3/c1-3-5-6-7-10-14(13(16)17-4-2)11-8-9-12(14)15/h6-7H,3-5,8-11H2,1-2H3. The molecule has 0 amide bonds. The Labute approximate surface area is 103 Å². The van der Waals surface area contributed by atoms with Gasteiger partial charge in [0.1, 0.15) is 5.41 Å². The van der Waals surface area contributed by atoms with Gasteiger partial charge in [0.2, 0.25) is 0 Å². The molecular formula is C14H22O3. The van der Waals surface area contributed by atoms with E-state index in [-0.39, 0.29) is 11.8 Å². The molecule has 1 saturated carbocycles. The molecule has 0 bridgehead atoms. The van der Waals surface area contributed by atoms with Gasteiger partial charge in [-0.15, -0.1) is 0 Å². The zero-order valence-corrected chi connectivity index (χ0v) is 10.8. The molecule has 0 aromatic heterocycles. The Morgan fingerprint density at radius 2 is 2.18 bits per heavy atom. The van der Waals surface area contributed by atoms with E-state index in [1.54, 1.807) is 6.92 Å². The first-order chi connectivity index (χ1) is 8.17. The number of Topliss-reactive ketones (excluding diaryl/α,β-unsaturated/α-hetero) is 1. The summed E-state index contributed by atoms with van der Waals surface area (Å²) in [6, 6.07) is 0. The maximum Gasteiger partial charge on any atom is 0.319 e. The molecule has 1 aliphatic carbocycles. The smallest absolute Gasteiger partial charge is 0.319 e. The van der Waals surface area contributed by atoms with Gasteiger partial charge in [-0.1, -0.05) is 25.5 Å². The first-order valence-corrected chi connectivity index (χ1v) is 6.53. The van der Waals surface area contributed by atoms with Crippen LogP contribution in [0.2, 0.25) is 0 Å². The number of hydrogen-bond donors (Lipinski definition) is 0. The number of ether oxygens (including phenoxy) is 1. The van der Waals surface area contributed by atoms with Crippen molar-refractivity contribution >= 4 is 11.8 Å². The lowest BCUT2D eigenvalue weighted by Crippen LogP contribution is -2.36. The average Bonchev–Trinajstić information content (AvgIpc) is 2.68. The van der Waals surface area contributed by atoms with Crippen LogP contribution in [-0.4, -0.2) is 18.4 Å². The molecule has 0 N–H and O–H groups in total. The van der Waals surface area contributed by atoms with Crippen molar-refractivity contribution < 1.29 is 14.3 Å². The minimum atomic E-state index is -0.875. The predicted molar refractivity (Wildman–Crippen MR) is 66.6 cm³/mol. The highest BCUT2D eigenvalue weighted by molar-refractivity contribution is 6.05. The zero-order chi connectivity index (χ0) is 12.7. The highest BCUT2D eigenvalue weighted by atomic mass is 16.5. The van der Waals surface area contributed by atoms with Gasteiger partial charge in [-0.05, 0) is 32.6 Å². The maximum atomic E-state index is 12.0. The first-order valence-electron chi connectivity index (χ1n) is 6.53. The van der Waals surface area contributed by atoms with Crippen LogP contribution in [0.25, 0.3) is 0 Å². The molecule has 1 unspecified atom stereocenters. The van der Waals surface area contributed by atoms with E-state index in [2.05, 4.69) is 6.92 Å². The summed E-state index contributed by atoms with van der Waals surface area (Å²) in [5.41, 5.74) is -0.875. The summed E-state index contributed by atoms with van der Waals surface area (Å²) in [5.74, 6) is -0.277. The van der Waals surface area contributed by atoms with E-state index in [0.29, 0.717) is 25.9 Å². The fourth-order valence-corrected chi connectivity index (χ4v) is 2.28. The van der Waals surface area contributed by atoms with Gasteiger partial charge in [0.05, 0.1) is 6.61 Å². The monoisotopic (exact) mass is 238 g/mol. The minimum Gasteiger partial charge on any atom is -0.465 e. The summed E-state index contributed by atoms with van der Waals surface area (Å²) in [6.45, 7) is 4.22. The summed E-state index contributed by atoms with van der Waals surface area (Å²) < 4.78 is 5.06. The van der Waals surface area contributed by atoms with Crippen molar-refractivity contribution in [2.45, 2.75) is 52.4 Å². The van der Waals surface area contributed by atoms with Crippen LogP contribution < -0.4 is 0 Å². The van der Waals surface area contributed by atoms with Crippen LogP contribution in [0.1, 0.15) is 52.4 Å². The number of rotatable bonds is 6.